The molecular weight excluding hydrogens is 332 g/mol. The first kappa shape index (κ1) is 24.8. The van der Waals surface area contributed by atoms with Gasteiger partial charge in [-0.05, 0) is 89.4 Å². The third-order valence-electron chi connectivity index (χ3n) is 5.67. The summed E-state index contributed by atoms with van der Waals surface area (Å²) in [6.07, 6.45) is 6.10. The van der Waals surface area contributed by atoms with Crippen molar-refractivity contribution in [3.05, 3.63) is 0 Å². The van der Waals surface area contributed by atoms with Gasteiger partial charge in [-0.3, -0.25) is 9.59 Å². The van der Waals surface area contributed by atoms with E-state index in [1.807, 2.05) is 0 Å². The summed E-state index contributed by atoms with van der Waals surface area (Å²) in [7, 11) is 0. The van der Waals surface area contributed by atoms with Gasteiger partial charge >= 0.3 is 0 Å². The average Bonchev–Trinajstić information content (AvgIpc) is 2.61. The van der Waals surface area contributed by atoms with Crippen LogP contribution in [0.2, 0.25) is 0 Å². The summed E-state index contributed by atoms with van der Waals surface area (Å²) in [4.78, 5) is 24.3. The SMILES string of the molecule is NCCCC(CCCN)(CCC(N)=O)C(CCCN)(CCCN)C(N)=O. The molecule has 8 nitrogen and oxygen atoms in total. The molecule has 154 valence electrons. The Morgan fingerprint density at radius 2 is 1.00 bits per heavy atom. The quantitative estimate of drug-likeness (QED) is 0.202. The molecule has 0 aromatic heterocycles. The summed E-state index contributed by atoms with van der Waals surface area (Å²) in [6, 6.07) is 0. The molecule has 0 heterocycles. The lowest BCUT2D eigenvalue weighted by atomic mass is 9.53. The fraction of sp³-hybridized carbons (Fsp3) is 0.889. The second kappa shape index (κ2) is 13.0. The lowest BCUT2D eigenvalue weighted by Gasteiger charge is -2.50. The van der Waals surface area contributed by atoms with Gasteiger partial charge in [-0.15, -0.1) is 0 Å². The second-order valence-corrected chi connectivity index (χ2v) is 7.26. The van der Waals surface area contributed by atoms with Crippen LogP contribution >= 0.6 is 0 Å². The number of rotatable bonds is 17. The highest BCUT2D eigenvalue weighted by Crippen LogP contribution is 2.55. The third kappa shape index (κ3) is 6.83. The van der Waals surface area contributed by atoms with Crippen LogP contribution in [0.4, 0.5) is 0 Å². The highest BCUT2D eigenvalue weighted by atomic mass is 16.1. The predicted octanol–water partition coefficient (Wildman–Crippen LogP) is -0.334. The van der Waals surface area contributed by atoms with E-state index >= 15 is 0 Å². The Morgan fingerprint density at radius 3 is 1.31 bits per heavy atom. The van der Waals surface area contributed by atoms with Crippen molar-refractivity contribution < 1.29 is 9.59 Å². The maximum absolute atomic E-state index is 12.8. The van der Waals surface area contributed by atoms with Crippen LogP contribution in [0.5, 0.6) is 0 Å². The van der Waals surface area contributed by atoms with Gasteiger partial charge in [-0.25, -0.2) is 0 Å². The molecule has 0 aromatic rings. The summed E-state index contributed by atoms with van der Waals surface area (Å²) in [5.74, 6) is -0.733. The molecule has 0 radical (unpaired) electrons. The summed E-state index contributed by atoms with van der Waals surface area (Å²) >= 11 is 0. The van der Waals surface area contributed by atoms with Crippen molar-refractivity contribution >= 4 is 11.8 Å². The Morgan fingerprint density at radius 1 is 0.615 bits per heavy atom. The van der Waals surface area contributed by atoms with Crippen LogP contribution < -0.4 is 34.4 Å². The number of hydrogen-bond donors (Lipinski definition) is 6. The molecule has 0 unspecified atom stereocenters. The van der Waals surface area contributed by atoms with Crippen molar-refractivity contribution in [3.63, 3.8) is 0 Å². The fourth-order valence-corrected chi connectivity index (χ4v) is 4.31. The minimum atomic E-state index is -0.786. The first-order valence-electron chi connectivity index (χ1n) is 9.74. The van der Waals surface area contributed by atoms with Crippen LogP contribution in [0.25, 0.3) is 0 Å². The molecule has 0 spiro atoms. The van der Waals surface area contributed by atoms with Crippen LogP contribution in [0.3, 0.4) is 0 Å². The number of carbonyl (C=O) groups is 2. The van der Waals surface area contributed by atoms with Crippen LogP contribution in [-0.4, -0.2) is 38.0 Å². The average molecular weight is 373 g/mol. The van der Waals surface area contributed by atoms with Gasteiger partial charge in [0.25, 0.3) is 0 Å². The molecule has 0 aliphatic rings. The smallest absolute Gasteiger partial charge is 0.224 e. The monoisotopic (exact) mass is 372 g/mol. The first-order valence-corrected chi connectivity index (χ1v) is 9.74. The van der Waals surface area contributed by atoms with Gasteiger partial charge < -0.3 is 34.4 Å². The molecule has 12 N–H and O–H groups in total. The first-order chi connectivity index (χ1) is 12.4. The summed E-state index contributed by atoms with van der Waals surface area (Å²) < 4.78 is 0. The Labute approximate surface area is 157 Å². The van der Waals surface area contributed by atoms with E-state index in [-0.39, 0.29) is 18.2 Å². The lowest BCUT2D eigenvalue weighted by molar-refractivity contribution is -0.142. The number of carbonyl (C=O) groups excluding carboxylic acids is 2. The van der Waals surface area contributed by atoms with Crippen LogP contribution in [0.15, 0.2) is 0 Å². The van der Waals surface area contributed by atoms with Crippen molar-refractivity contribution in [1.82, 2.24) is 0 Å². The van der Waals surface area contributed by atoms with Crippen LogP contribution in [-0.2, 0) is 9.59 Å². The van der Waals surface area contributed by atoms with Crippen LogP contribution in [0, 0.1) is 10.8 Å². The zero-order valence-electron chi connectivity index (χ0n) is 16.2. The van der Waals surface area contributed by atoms with E-state index in [0.717, 1.165) is 12.8 Å². The molecule has 0 aliphatic carbocycles. The number of nitrogens with two attached hydrogens (primary N) is 6. The van der Waals surface area contributed by atoms with Gasteiger partial charge in [0.1, 0.15) is 0 Å². The molecule has 0 aromatic carbocycles. The van der Waals surface area contributed by atoms with Gasteiger partial charge in [-0.1, -0.05) is 0 Å². The molecule has 8 heteroatoms. The summed E-state index contributed by atoms with van der Waals surface area (Å²) in [5, 5.41) is 0. The molecule has 0 bridgehead atoms. The van der Waals surface area contributed by atoms with E-state index in [9.17, 15) is 9.59 Å². The van der Waals surface area contributed by atoms with E-state index in [2.05, 4.69) is 0 Å². The van der Waals surface area contributed by atoms with Crippen molar-refractivity contribution in [1.29, 1.82) is 0 Å². The molecule has 2 amide bonds. The maximum atomic E-state index is 12.8. The highest BCUT2D eigenvalue weighted by Gasteiger charge is 2.52. The second-order valence-electron chi connectivity index (χ2n) is 7.26. The standard InChI is InChI=1S/C18H40N6O2/c19-11-1-6-17(7-2-12-20,10-5-15(23)25)18(16(24)26,8-3-13-21)9-4-14-22/h1-14,19-22H2,(H2,23,25)(H2,24,26). The van der Waals surface area contributed by atoms with Gasteiger partial charge in [0.2, 0.25) is 11.8 Å². The zero-order chi connectivity index (χ0) is 20.1. The molecule has 0 aliphatic heterocycles. The van der Waals surface area contributed by atoms with Crippen LogP contribution in [0.1, 0.15) is 64.2 Å². The van der Waals surface area contributed by atoms with Gasteiger partial charge in [0, 0.05) is 6.42 Å². The Balaban J connectivity index is 6.15. The zero-order valence-corrected chi connectivity index (χ0v) is 16.2. The molecule has 0 saturated carbocycles. The molecule has 26 heavy (non-hydrogen) atoms. The van der Waals surface area contributed by atoms with Crippen molar-refractivity contribution in [3.8, 4) is 0 Å². The van der Waals surface area contributed by atoms with E-state index in [1.165, 1.54) is 0 Å². The Kier molecular flexibility index (Phi) is 12.4. The van der Waals surface area contributed by atoms with Crippen molar-refractivity contribution in [2.24, 2.45) is 45.2 Å². The minimum absolute atomic E-state index is 0.204. The molecular formula is C18H40N6O2. The largest absolute Gasteiger partial charge is 0.370 e. The summed E-state index contributed by atoms with van der Waals surface area (Å²) in [5.41, 5.74) is 33.2. The van der Waals surface area contributed by atoms with E-state index in [0.29, 0.717) is 71.1 Å². The highest BCUT2D eigenvalue weighted by molar-refractivity contribution is 5.82. The number of amides is 2. The Bertz CT molecular complexity index is 400. The minimum Gasteiger partial charge on any atom is -0.370 e. The maximum Gasteiger partial charge on any atom is 0.224 e. The van der Waals surface area contributed by atoms with Crippen molar-refractivity contribution in [2.45, 2.75) is 64.2 Å². The molecule has 0 atom stereocenters. The third-order valence-corrected chi connectivity index (χ3v) is 5.67. The van der Waals surface area contributed by atoms with E-state index in [4.69, 9.17) is 34.4 Å². The lowest BCUT2D eigenvalue weighted by Crippen LogP contribution is -2.52. The molecule has 0 fully saturated rings. The normalized spacial score (nSPS) is 12.3. The van der Waals surface area contributed by atoms with Gasteiger partial charge in [-0.2, -0.15) is 0 Å². The van der Waals surface area contributed by atoms with Gasteiger partial charge in [0.05, 0.1) is 5.41 Å². The van der Waals surface area contributed by atoms with E-state index < -0.39 is 10.8 Å². The Hall–Kier alpha value is -1.22. The fourth-order valence-electron chi connectivity index (χ4n) is 4.31. The number of hydrogen-bond acceptors (Lipinski definition) is 6. The topological polar surface area (TPSA) is 190 Å². The molecule has 0 rings (SSSR count). The number of primary amides is 2. The van der Waals surface area contributed by atoms with E-state index in [1.54, 1.807) is 0 Å². The molecule has 0 saturated heterocycles. The summed E-state index contributed by atoms with van der Waals surface area (Å²) in [6.45, 7) is 1.95. The van der Waals surface area contributed by atoms with Crippen molar-refractivity contribution in [2.75, 3.05) is 26.2 Å². The van der Waals surface area contributed by atoms with Gasteiger partial charge in [0.15, 0.2) is 0 Å². The predicted molar refractivity (Wildman–Crippen MR) is 106 cm³/mol.